The Morgan fingerprint density at radius 1 is 1.17 bits per heavy atom. The predicted molar refractivity (Wildman–Crippen MR) is 92.0 cm³/mol. The number of carbonyl (C=O) groups excluding carboxylic acids is 2. The van der Waals surface area contributed by atoms with Gasteiger partial charge in [-0.1, -0.05) is 35.3 Å². The molecule has 124 valence electrons. The Kier molecular flexibility index (Phi) is 4.73. The maximum atomic E-state index is 13.9. The summed E-state index contributed by atoms with van der Waals surface area (Å²) in [5.74, 6) is -1.65. The van der Waals surface area contributed by atoms with Crippen molar-refractivity contribution in [3.8, 4) is 0 Å². The normalized spacial score (nSPS) is 17.2. The number of hydrogen-bond donors (Lipinski definition) is 1. The number of nitrogens with zero attached hydrogens (tertiary/aromatic N) is 1. The molecule has 0 bridgehead atoms. The van der Waals surface area contributed by atoms with Gasteiger partial charge in [-0.15, -0.1) is 0 Å². The van der Waals surface area contributed by atoms with Crippen LogP contribution in [0.15, 0.2) is 42.5 Å². The first-order chi connectivity index (χ1) is 11.5. The summed E-state index contributed by atoms with van der Waals surface area (Å²) < 4.78 is 13.9. The van der Waals surface area contributed by atoms with Crippen molar-refractivity contribution >= 4 is 46.4 Å². The first-order valence-corrected chi connectivity index (χ1v) is 8.02. The topological polar surface area (TPSA) is 49.4 Å². The van der Waals surface area contributed by atoms with Crippen LogP contribution in [0.2, 0.25) is 10.0 Å². The lowest BCUT2D eigenvalue weighted by molar-refractivity contribution is -0.122. The monoisotopic (exact) mass is 366 g/mol. The average Bonchev–Trinajstić information content (AvgIpc) is 2.93. The summed E-state index contributed by atoms with van der Waals surface area (Å²) in [5, 5.41) is 3.41. The molecule has 1 fully saturated rings. The van der Waals surface area contributed by atoms with Gasteiger partial charge in [0.2, 0.25) is 11.8 Å². The molecular weight excluding hydrogens is 354 g/mol. The highest BCUT2D eigenvalue weighted by atomic mass is 35.5. The highest BCUT2D eigenvalue weighted by molar-refractivity contribution is 6.42. The maximum Gasteiger partial charge on any atom is 0.229 e. The second kappa shape index (κ2) is 6.79. The Morgan fingerprint density at radius 2 is 1.92 bits per heavy atom. The molecule has 1 saturated heterocycles. The molecule has 0 aliphatic carbocycles. The van der Waals surface area contributed by atoms with Gasteiger partial charge in [0.05, 0.1) is 21.7 Å². The molecule has 0 radical (unpaired) electrons. The standard InChI is InChI=1S/C17H13Cl2FN2O2/c18-12-6-5-11(8-13(12)19)21-17(24)10-7-16(23)22(9-10)15-4-2-1-3-14(15)20/h1-6,8,10H,7,9H2,(H,21,24). The van der Waals surface area contributed by atoms with Gasteiger partial charge >= 0.3 is 0 Å². The molecule has 0 spiro atoms. The number of amides is 2. The summed E-state index contributed by atoms with van der Waals surface area (Å²) in [4.78, 5) is 25.8. The number of rotatable bonds is 3. The van der Waals surface area contributed by atoms with Crippen LogP contribution in [0.4, 0.5) is 15.8 Å². The maximum absolute atomic E-state index is 13.9. The lowest BCUT2D eigenvalue weighted by Gasteiger charge is -2.17. The summed E-state index contributed by atoms with van der Waals surface area (Å²) >= 11 is 11.7. The molecule has 2 aromatic rings. The third kappa shape index (κ3) is 3.37. The number of carbonyl (C=O) groups is 2. The number of para-hydroxylation sites is 1. The Hall–Kier alpha value is -2.11. The number of halogens is 3. The van der Waals surface area contributed by atoms with Gasteiger partial charge in [-0.3, -0.25) is 9.59 Å². The molecule has 4 nitrogen and oxygen atoms in total. The van der Waals surface area contributed by atoms with Crippen molar-refractivity contribution in [1.29, 1.82) is 0 Å². The fourth-order valence-corrected chi connectivity index (χ4v) is 2.90. The van der Waals surface area contributed by atoms with Crippen LogP contribution in [-0.2, 0) is 9.59 Å². The summed E-state index contributed by atoms with van der Waals surface area (Å²) in [7, 11) is 0. The summed E-state index contributed by atoms with van der Waals surface area (Å²) in [5.41, 5.74) is 0.679. The van der Waals surface area contributed by atoms with Crippen LogP contribution >= 0.6 is 23.2 Å². The number of nitrogens with one attached hydrogen (secondary N) is 1. The van der Waals surface area contributed by atoms with E-state index >= 15 is 0 Å². The van der Waals surface area contributed by atoms with Crippen molar-refractivity contribution in [1.82, 2.24) is 0 Å². The fraction of sp³-hybridized carbons (Fsp3) is 0.176. The number of benzene rings is 2. The molecule has 1 unspecified atom stereocenters. The number of anilines is 2. The van der Waals surface area contributed by atoms with Crippen LogP contribution in [-0.4, -0.2) is 18.4 Å². The zero-order valence-corrected chi connectivity index (χ0v) is 13.9. The van der Waals surface area contributed by atoms with Crippen LogP contribution in [0, 0.1) is 11.7 Å². The van der Waals surface area contributed by atoms with E-state index in [1.807, 2.05) is 0 Å². The highest BCUT2D eigenvalue weighted by Crippen LogP contribution is 2.29. The van der Waals surface area contributed by atoms with E-state index in [2.05, 4.69) is 5.32 Å². The largest absolute Gasteiger partial charge is 0.326 e. The van der Waals surface area contributed by atoms with Gasteiger partial charge in [0.1, 0.15) is 5.82 Å². The molecule has 1 aliphatic heterocycles. The summed E-state index contributed by atoms with van der Waals surface area (Å²) in [6, 6.07) is 10.7. The first kappa shape index (κ1) is 16.7. The predicted octanol–water partition coefficient (Wildman–Crippen LogP) is 4.12. The van der Waals surface area contributed by atoms with E-state index in [1.54, 1.807) is 24.3 Å². The summed E-state index contributed by atoms with van der Waals surface area (Å²) in [6.45, 7) is 0.132. The van der Waals surface area contributed by atoms with Crippen LogP contribution in [0.3, 0.4) is 0 Å². The Morgan fingerprint density at radius 3 is 2.62 bits per heavy atom. The van der Waals surface area contributed by atoms with Crippen LogP contribution < -0.4 is 10.2 Å². The Bertz CT molecular complexity index is 813. The molecule has 2 amide bonds. The lowest BCUT2D eigenvalue weighted by Crippen LogP contribution is -2.28. The van der Waals surface area contributed by atoms with Crippen molar-refractivity contribution in [2.45, 2.75) is 6.42 Å². The molecule has 24 heavy (non-hydrogen) atoms. The van der Waals surface area contributed by atoms with Gasteiger partial charge in [-0.25, -0.2) is 4.39 Å². The molecular formula is C17H13Cl2FN2O2. The van der Waals surface area contributed by atoms with Crippen molar-refractivity contribution in [2.75, 3.05) is 16.8 Å². The Balaban J connectivity index is 1.72. The molecule has 1 heterocycles. The van der Waals surface area contributed by atoms with E-state index in [0.29, 0.717) is 15.7 Å². The van der Waals surface area contributed by atoms with E-state index in [0.717, 1.165) is 0 Å². The first-order valence-electron chi connectivity index (χ1n) is 7.26. The minimum absolute atomic E-state index is 0.0293. The lowest BCUT2D eigenvalue weighted by atomic mass is 10.1. The average molecular weight is 367 g/mol. The van der Waals surface area contributed by atoms with Gasteiger partial charge in [-0.05, 0) is 30.3 Å². The Labute approximate surface area is 148 Å². The molecule has 2 aromatic carbocycles. The molecule has 0 saturated carbocycles. The zero-order valence-electron chi connectivity index (χ0n) is 12.4. The molecule has 3 rings (SSSR count). The minimum atomic E-state index is -0.563. The van der Waals surface area contributed by atoms with Gasteiger partial charge in [-0.2, -0.15) is 0 Å². The van der Waals surface area contributed by atoms with Gasteiger partial charge in [0, 0.05) is 18.7 Å². The van der Waals surface area contributed by atoms with E-state index in [1.165, 1.54) is 23.1 Å². The second-order valence-electron chi connectivity index (χ2n) is 5.47. The smallest absolute Gasteiger partial charge is 0.229 e. The highest BCUT2D eigenvalue weighted by Gasteiger charge is 2.36. The molecule has 1 N–H and O–H groups in total. The van der Waals surface area contributed by atoms with Crippen LogP contribution in [0.5, 0.6) is 0 Å². The quantitative estimate of drug-likeness (QED) is 0.887. The van der Waals surface area contributed by atoms with E-state index in [9.17, 15) is 14.0 Å². The minimum Gasteiger partial charge on any atom is -0.326 e. The van der Waals surface area contributed by atoms with Gasteiger partial charge < -0.3 is 10.2 Å². The van der Waals surface area contributed by atoms with Crippen molar-refractivity contribution in [3.05, 3.63) is 58.3 Å². The van der Waals surface area contributed by atoms with Crippen molar-refractivity contribution in [2.24, 2.45) is 5.92 Å². The van der Waals surface area contributed by atoms with Crippen molar-refractivity contribution < 1.29 is 14.0 Å². The third-order valence-electron chi connectivity index (χ3n) is 3.83. The molecule has 7 heteroatoms. The second-order valence-corrected chi connectivity index (χ2v) is 6.29. The van der Waals surface area contributed by atoms with Gasteiger partial charge in [0.15, 0.2) is 0 Å². The van der Waals surface area contributed by atoms with Crippen molar-refractivity contribution in [3.63, 3.8) is 0 Å². The fourth-order valence-electron chi connectivity index (χ4n) is 2.60. The third-order valence-corrected chi connectivity index (χ3v) is 4.57. The van der Waals surface area contributed by atoms with Crippen LogP contribution in [0.1, 0.15) is 6.42 Å². The van der Waals surface area contributed by atoms with Gasteiger partial charge in [0.25, 0.3) is 0 Å². The molecule has 1 aliphatic rings. The number of hydrogen-bond acceptors (Lipinski definition) is 2. The van der Waals surface area contributed by atoms with E-state index < -0.39 is 11.7 Å². The SMILES string of the molecule is O=C(Nc1ccc(Cl)c(Cl)c1)C1CC(=O)N(c2ccccc2F)C1. The molecule has 0 aromatic heterocycles. The van der Waals surface area contributed by atoms with E-state index in [4.69, 9.17) is 23.2 Å². The summed E-state index contributed by atoms with van der Waals surface area (Å²) in [6.07, 6.45) is 0.0293. The zero-order chi connectivity index (χ0) is 17.3. The van der Waals surface area contributed by atoms with Crippen LogP contribution in [0.25, 0.3) is 0 Å². The van der Waals surface area contributed by atoms with E-state index in [-0.39, 0.29) is 30.5 Å². The molecule has 1 atom stereocenters.